The molecule has 72 valence electrons. The van der Waals surface area contributed by atoms with E-state index in [1.165, 1.54) is 0 Å². The molecule has 0 heterocycles. The summed E-state index contributed by atoms with van der Waals surface area (Å²) in [5, 5.41) is 0. The Bertz CT molecular complexity index is 117. The van der Waals surface area contributed by atoms with Gasteiger partial charge < -0.3 is 9.47 Å². The Balaban J connectivity index is 3.03. The summed E-state index contributed by atoms with van der Waals surface area (Å²) in [7, 11) is 0. The van der Waals surface area contributed by atoms with Gasteiger partial charge in [0.25, 0.3) is 0 Å². The van der Waals surface area contributed by atoms with Crippen LogP contribution in [-0.2, 0) is 14.3 Å². The summed E-state index contributed by atoms with van der Waals surface area (Å²) >= 11 is 1.80. The maximum atomic E-state index is 10.7. The number of hydrogen-bond donors (Lipinski definition) is 0. The molecule has 0 bridgehead atoms. The van der Waals surface area contributed by atoms with Gasteiger partial charge in [-0.25, -0.2) is 4.79 Å². The summed E-state index contributed by atoms with van der Waals surface area (Å²) < 4.78 is 9.73. The lowest BCUT2D eigenvalue weighted by molar-refractivity contribution is -0.148. The predicted octanol–water partition coefficient (Wildman–Crippen LogP) is 1.32. The van der Waals surface area contributed by atoms with Crippen LogP contribution in [0.3, 0.4) is 0 Å². The van der Waals surface area contributed by atoms with Crippen LogP contribution < -0.4 is 0 Å². The number of hydrogen-bond acceptors (Lipinski definition) is 4. The molecular formula is C8H16O3S. The molecule has 0 fully saturated rings. The van der Waals surface area contributed by atoms with E-state index in [0.717, 1.165) is 11.5 Å². The van der Waals surface area contributed by atoms with Gasteiger partial charge in [0.2, 0.25) is 0 Å². The molecule has 0 spiro atoms. The summed E-state index contributed by atoms with van der Waals surface area (Å²) in [5.74, 6) is 1.75. The average molecular weight is 192 g/mol. The van der Waals surface area contributed by atoms with Crippen molar-refractivity contribution in [1.82, 2.24) is 0 Å². The second-order valence-corrected chi connectivity index (χ2v) is 3.45. The van der Waals surface area contributed by atoms with E-state index in [0.29, 0.717) is 13.2 Å². The highest BCUT2D eigenvalue weighted by Gasteiger charge is 1.99. The average Bonchev–Trinajstić information content (AvgIpc) is 2.05. The van der Waals surface area contributed by atoms with E-state index in [1.807, 2.05) is 0 Å². The molecule has 0 aliphatic rings. The number of esters is 1. The topological polar surface area (TPSA) is 35.5 Å². The van der Waals surface area contributed by atoms with Crippen molar-refractivity contribution in [3.63, 3.8) is 0 Å². The Morgan fingerprint density at radius 2 is 2.17 bits per heavy atom. The van der Waals surface area contributed by atoms with Crippen LogP contribution in [0.25, 0.3) is 0 Å². The van der Waals surface area contributed by atoms with Crippen LogP contribution in [0.2, 0.25) is 0 Å². The molecule has 0 atom stereocenters. The Labute approximate surface area is 77.8 Å². The normalized spacial score (nSPS) is 9.83. The lowest BCUT2D eigenvalue weighted by Gasteiger charge is -2.02. The third-order valence-electron chi connectivity index (χ3n) is 1.10. The molecule has 0 aromatic rings. The van der Waals surface area contributed by atoms with Crippen molar-refractivity contribution in [1.29, 1.82) is 0 Å². The molecule has 0 unspecified atom stereocenters. The minimum Gasteiger partial charge on any atom is -0.464 e. The highest BCUT2D eigenvalue weighted by Crippen LogP contribution is 1.96. The maximum Gasteiger partial charge on any atom is 0.332 e. The van der Waals surface area contributed by atoms with Crippen molar-refractivity contribution in [2.24, 2.45) is 0 Å². The Hall–Kier alpha value is -0.220. The largest absolute Gasteiger partial charge is 0.464 e. The quantitative estimate of drug-likeness (QED) is 0.450. The zero-order valence-corrected chi connectivity index (χ0v) is 8.49. The van der Waals surface area contributed by atoms with Crippen molar-refractivity contribution < 1.29 is 14.3 Å². The van der Waals surface area contributed by atoms with Crippen molar-refractivity contribution in [2.45, 2.75) is 13.8 Å². The van der Waals surface area contributed by atoms with E-state index in [2.05, 4.69) is 11.7 Å². The first-order chi connectivity index (χ1) is 5.81. The maximum absolute atomic E-state index is 10.7. The zero-order chi connectivity index (χ0) is 9.23. The van der Waals surface area contributed by atoms with Gasteiger partial charge >= 0.3 is 5.97 Å². The van der Waals surface area contributed by atoms with Gasteiger partial charge in [-0.3, -0.25) is 0 Å². The van der Waals surface area contributed by atoms with Crippen molar-refractivity contribution in [3.05, 3.63) is 0 Å². The van der Waals surface area contributed by atoms with E-state index in [9.17, 15) is 4.79 Å². The molecule has 0 radical (unpaired) electrons. The van der Waals surface area contributed by atoms with Crippen LogP contribution in [0.15, 0.2) is 0 Å². The monoisotopic (exact) mass is 192 g/mol. The molecule has 0 saturated heterocycles. The minimum absolute atomic E-state index is 0.0815. The molecule has 0 N–H and O–H groups in total. The van der Waals surface area contributed by atoms with E-state index < -0.39 is 0 Å². The predicted molar refractivity (Wildman–Crippen MR) is 50.5 cm³/mol. The van der Waals surface area contributed by atoms with Crippen LogP contribution in [0.4, 0.5) is 0 Å². The first-order valence-corrected chi connectivity index (χ1v) is 5.27. The second-order valence-electron chi connectivity index (χ2n) is 2.05. The first kappa shape index (κ1) is 11.8. The van der Waals surface area contributed by atoms with Gasteiger partial charge in [0, 0.05) is 5.75 Å². The van der Waals surface area contributed by atoms with Gasteiger partial charge in [-0.15, -0.1) is 0 Å². The SMILES string of the molecule is CCOC(=O)COCCSCC. The van der Waals surface area contributed by atoms with Crippen molar-refractivity contribution in [3.8, 4) is 0 Å². The van der Waals surface area contributed by atoms with E-state index in [-0.39, 0.29) is 12.6 Å². The molecule has 0 aliphatic carbocycles. The number of ether oxygens (including phenoxy) is 2. The van der Waals surface area contributed by atoms with Crippen LogP contribution >= 0.6 is 11.8 Å². The molecule has 0 aromatic heterocycles. The number of rotatable bonds is 7. The van der Waals surface area contributed by atoms with Gasteiger partial charge in [-0.1, -0.05) is 6.92 Å². The van der Waals surface area contributed by atoms with Crippen molar-refractivity contribution in [2.75, 3.05) is 31.3 Å². The Morgan fingerprint density at radius 1 is 1.42 bits per heavy atom. The van der Waals surface area contributed by atoms with Crippen molar-refractivity contribution >= 4 is 17.7 Å². The number of thioether (sulfide) groups is 1. The number of carbonyl (C=O) groups excluding carboxylic acids is 1. The summed E-state index contributed by atoms with van der Waals surface area (Å²) in [4.78, 5) is 10.7. The van der Waals surface area contributed by atoms with E-state index in [1.54, 1.807) is 18.7 Å². The van der Waals surface area contributed by atoms with Gasteiger partial charge in [0.1, 0.15) is 6.61 Å². The standard InChI is InChI=1S/C8H16O3S/c1-3-11-8(9)7-10-5-6-12-4-2/h3-7H2,1-2H3. The molecule has 3 nitrogen and oxygen atoms in total. The molecule has 12 heavy (non-hydrogen) atoms. The summed E-state index contributed by atoms with van der Waals surface area (Å²) in [5.41, 5.74) is 0. The fraction of sp³-hybridized carbons (Fsp3) is 0.875. The van der Waals surface area contributed by atoms with Crippen LogP contribution in [0.1, 0.15) is 13.8 Å². The smallest absolute Gasteiger partial charge is 0.332 e. The molecule has 0 amide bonds. The third kappa shape index (κ3) is 7.88. The molecule has 0 saturated carbocycles. The van der Waals surface area contributed by atoms with E-state index in [4.69, 9.17) is 4.74 Å². The van der Waals surface area contributed by atoms with Crippen LogP contribution in [0.5, 0.6) is 0 Å². The second kappa shape index (κ2) is 8.87. The fourth-order valence-corrected chi connectivity index (χ4v) is 1.14. The van der Waals surface area contributed by atoms with E-state index >= 15 is 0 Å². The molecule has 0 aromatic carbocycles. The first-order valence-electron chi connectivity index (χ1n) is 4.12. The lowest BCUT2D eigenvalue weighted by atomic mass is 10.7. The minimum atomic E-state index is -0.279. The third-order valence-corrected chi connectivity index (χ3v) is 1.96. The summed E-state index contributed by atoms with van der Waals surface area (Å²) in [6.45, 7) is 5.00. The Kier molecular flexibility index (Phi) is 8.71. The highest BCUT2D eigenvalue weighted by molar-refractivity contribution is 7.99. The number of carbonyl (C=O) groups is 1. The molecular weight excluding hydrogens is 176 g/mol. The van der Waals surface area contributed by atoms with Gasteiger partial charge in [-0.2, -0.15) is 11.8 Å². The fourth-order valence-electron chi connectivity index (χ4n) is 0.620. The van der Waals surface area contributed by atoms with Crippen LogP contribution in [0, 0.1) is 0 Å². The molecule has 0 rings (SSSR count). The van der Waals surface area contributed by atoms with Crippen LogP contribution in [-0.4, -0.2) is 37.3 Å². The van der Waals surface area contributed by atoms with Gasteiger partial charge in [-0.05, 0) is 12.7 Å². The highest BCUT2D eigenvalue weighted by atomic mass is 32.2. The zero-order valence-electron chi connectivity index (χ0n) is 7.67. The molecule has 0 aliphatic heterocycles. The molecule has 4 heteroatoms. The summed E-state index contributed by atoms with van der Waals surface area (Å²) in [6.07, 6.45) is 0. The van der Waals surface area contributed by atoms with Gasteiger partial charge in [0.05, 0.1) is 13.2 Å². The Morgan fingerprint density at radius 3 is 2.75 bits per heavy atom. The van der Waals surface area contributed by atoms with Gasteiger partial charge in [0.15, 0.2) is 0 Å². The lowest BCUT2D eigenvalue weighted by Crippen LogP contribution is -2.13. The summed E-state index contributed by atoms with van der Waals surface area (Å²) in [6, 6.07) is 0.